The molecule has 4 aliphatic rings. The largest absolute Gasteiger partial charge is 0.507 e. The minimum Gasteiger partial charge on any atom is -0.507 e. The molecule has 0 saturated carbocycles. The van der Waals surface area contributed by atoms with Gasteiger partial charge >= 0.3 is 18.0 Å². The number of methoxy groups -OCH3 is 1. The zero-order valence-electron chi connectivity index (χ0n) is 31.4. The Morgan fingerprint density at radius 2 is 1.56 bits per heavy atom. The van der Waals surface area contributed by atoms with E-state index in [9.17, 15) is 33.1 Å². The third-order valence-corrected chi connectivity index (χ3v) is 11.6. The second-order valence-electron chi connectivity index (χ2n) is 14.8. The molecule has 4 aliphatic heterocycles. The van der Waals surface area contributed by atoms with Crippen LogP contribution < -0.4 is 5.32 Å². The van der Waals surface area contributed by atoms with Crippen LogP contribution in [0.4, 0.5) is 24.1 Å². The fourth-order valence-corrected chi connectivity index (χ4v) is 8.16. The summed E-state index contributed by atoms with van der Waals surface area (Å²) in [5.74, 6) is -4.10. The number of piperidine rings is 2. The number of hydrogen-bond donors (Lipinski definition) is 2. The summed E-state index contributed by atoms with van der Waals surface area (Å²) in [5, 5.41) is 12.6. The van der Waals surface area contributed by atoms with Crippen LogP contribution in [-0.2, 0) is 27.2 Å². The first-order valence-electron chi connectivity index (χ1n) is 18.9. The molecule has 6 rings (SSSR count). The molecule has 0 aromatic heterocycles. The first-order chi connectivity index (χ1) is 25.7. The topological polar surface area (TPSA) is 126 Å². The molecule has 0 bridgehead atoms. The number of aromatic hydroxyl groups is 1. The van der Waals surface area contributed by atoms with Crippen molar-refractivity contribution in [1.82, 2.24) is 24.5 Å². The second-order valence-corrected chi connectivity index (χ2v) is 15.6. The quantitative estimate of drug-likeness (QED) is 0.360. The Morgan fingerprint density at radius 1 is 0.926 bits per heavy atom. The number of piperazine rings is 1. The molecular formula is C39H53BrF2N6O6. The number of amides is 4. The number of urea groups is 1. The van der Waals surface area contributed by atoms with Gasteiger partial charge in [-0.3, -0.25) is 19.4 Å². The molecule has 296 valence electrons. The molecule has 0 radical (unpaired) electrons. The van der Waals surface area contributed by atoms with Crippen molar-refractivity contribution in [3.8, 4) is 5.75 Å². The van der Waals surface area contributed by atoms with Gasteiger partial charge < -0.3 is 29.9 Å². The van der Waals surface area contributed by atoms with E-state index < -0.39 is 11.7 Å². The predicted molar refractivity (Wildman–Crippen MR) is 205 cm³/mol. The van der Waals surface area contributed by atoms with Crippen molar-refractivity contribution in [3.63, 3.8) is 0 Å². The van der Waals surface area contributed by atoms with Crippen LogP contribution in [0.15, 0.2) is 46.9 Å². The molecule has 4 heterocycles. The number of likely N-dealkylation sites (tertiary alicyclic amines) is 2. The first-order valence-corrected chi connectivity index (χ1v) is 19.6. The number of halogens is 3. The number of nitrogens with one attached hydrogen (secondary N) is 1. The Labute approximate surface area is 324 Å². The molecule has 2 N–H and O–H groups in total. The minimum atomic E-state index is -3.27. The zero-order valence-corrected chi connectivity index (χ0v) is 33.0. The number of phenolic OH excluding ortho intramolecular Hbond substituents is 1. The number of nitrogens with zero attached hydrogens (tertiary/aromatic N) is 5. The fourth-order valence-electron chi connectivity index (χ4n) is 7.74. The van der Waals surface area contributed by atoms with Gasteiger partial charge in [0.15, 0.2) is 0 Å². The maximum Gasteiger partial charge on any atom is 0.409 e. The lowest BCUT2D eigenvalue weighted by molar-refractivity contribution is -0.142. The van der Waals surface area contributed by atoms with Crippen LogP contribution >= 0.6 is 15.9 Å². The van der Waals surface area contributed by atoms with E-state index in [0.717, 1.165) is 56.4 Å². The highest BCUT2D eigenvalue weighted by molar-refractivity contribution is 9.10. The number of carbonyl (C=O) groups is 4. The van der Waals surface area contributed by atoms with Crippen molar-refractivity contribution in [2.24, 2.45) is 5.92 Å². The summed E-state index contributed by atoms with van der Waals surface area (Å²) < 4.78 is 31.6. The van der Waals surface area contributed by atoms with E-state index in [1.54, 1.807) is 15.9 Å². The monoisotopic (exact) mass is 818 g/mol. The number of para-hydroxylation sites is 1. The highest BCUT2D eigenvalue weighted by Gasteiger charge is 2.36. The van der Waals surface area contributed by atoms with Gasteiger partial charge in [0.2, 0.25) is 11.7 Å². The van der Waals surface area contributed by atoms with Crippen LogP contribution in [0.5, 0.6) is 5.75 Å². The Hall–Kier alpha value is -3.82. The summed E-state index contributed by atoms with van der Waals surface area (Å²) >= 11 is 3.31. The number of phenols is 1. The van der Waals surface area contributed by atoms with Gasteiger partial charge in [-0.1, -0.05) is 31.2 Å². The predicted octanol–water partition coefficient (Wildman–Crippen LogP) is 5.47. The lowest BCUT2D eigenvalue weighted by Gasteiger charge is -2.43. The fraction of sp³-hybridized carbons (Fsp3) is 0.590. The van der Waals surface area contributed by atoms with E-state index in [2.05, 4.69) is 32.2 Å². The van der Waals surface area contributed by atoms with Crippen LogP contribution in [0.2, 0.25) is 0 Å². The van der Waals surface area contributed by atoms with Gasteiger partial charge in [0, 0.05) is 89.5 Å². The summed E-state index contributed by atoms with van der Waals surface area (Å²) in [6.07, 6.45) is 4.56. The Balaban J connectivity index is 0.000000222. The van der Waals surface area contributed by atoms with Crippen molar-refractivity contribution in [2.75, 3.05) is 77.9 Å². The van der Waals surface area contributed by atoms with Crippen LogP contribution in [0.3, 0.4) is 0 Å². The number of hydrogen-bond acceptors (Lipinski definition) is 8. The second kappa shape index (κ2) is 18.7. The molecular weight excluding hydrogens is 766 g/mol. The number of benzene rings is 2. The van der Waals surface area contributed by atoms with Crippen LogP contribution in [-0.4, -0.2) is 144 Å². The van der Waals surface area contributed by atoms with Crippen molar-refractivity contribution < 1.29 is 37.8 Å². The van der Waals surface area contributed by atoms with Gasteiger partial charge in [-0.2, -0.15) is 8.78 Å². The van der Waals surface area contributed by atoms with Gasteiger partial charge in [-0.25, -0.2) is 9.59 Å². The van der Waals surface area contributed by atoms with E-state index in [4.69, 9.17) is 4.74 Å². The number of ether oxygens (including phenoxy) is 1. The lowest BCUT2D eigenvalue weighted by Crippen LogP contribution is -2.55. The van der Waals surface area contributed by atoms with Crippen molar-refractivity contribution >= 4 is 45.4 Å². The summed E-state index contributed by atoms with van der Waals surface area (Å²) in [4.78, 5) is 58.2. The van der Waals surface area contributed by atoms with Crippen LogP contribution in [0, 0.1) is 5.92 Å². The Bertz CT molecular complexity index is 1620. The van der Waals surface area contributed by atoms with Crippen molar-refractivity contribution in [1.29, 1.82) is 0 Å². The maximum absolute atomic E-state index is 13.1. The van der Waals surface area contributed by atoms with E-state index in [1.807, 2.05) is 47.1 Å². The average Bonchev–Trinajstić information content (AvgIpc) is 3.34. The molecule has 54 heavy (non-hydrogen) atoms. The number of Topliss-reactive ketones (excluding diaryl/α,β-unsaturated/α-hetero) is 1. The van der Waals surface area contributed by atoms with Crippen LogP contribution in [0.1, 0.15) is 50.7 Å². The standard InChI is InChI=1S/C23H32BrF2N3O3.C16H21N3O3/c1-16(13-17-3-4-20(30)19(24)14-17)22(32)29-7-5-18(6-8-29)28-11-9-27(10-12-28)15-21(31)23(2,25)26;1-22-16(21)18-9-7-13(8-10-18)19-11-6-12-4-2-3-5-14(12)17-15(19)20/h3-4,14,16,18,30H,5-13,15H2,1-2H3;2-5,13H,6-11H2,1H3,(H,17,20)/t16-;/m1./s1. The van der Waals surface area contributed by atoms with Gasteiger partial charge in [0.05, 0.1) is 18.1 Å². The highest BCUT2D eigenvalue weighted by Crippen LogP contribution is 2.27. The highest BCUT2D eigenvalue weighted by atomic mass is 79.9. The van der Waals surface area contributed by atoms with E-state index in [-0.39, 0.29) is 42.3 Å². The zero-order chi connectivity index (χ0) is 39.0. The lowest BCUT2D eigenvalue weighted by atomic mass is 9.97. The number of rotatable bonds is 8. The van der Waals surface area contributed by atoms with Crippen molar-refractivity contribution in [3.05, 3.63) is 58.1 Å². The summed E-state index contributed by atoms with van der Waals surface area (Å²) in [7, 11) is 1.40. The SMILES string of the molecule is COC(=O)N1CCC(N2CCc3ccccc3NC2=O)CC1.C[C@H](Cc1ccc(O)c(Br)c1)C(=O)N1CCC(N2CCN(CC(=O)C(C)(F)F)CC2)CC1. The molecule has 0 unspecified atom stereocenters. The van der Waals surface area contributed by atoms with E-state index in [0.29, 0.717) is 69.7 Å². The molecule has 4 amide bonds. The third kappa shape index (κ3) is 10.9. The number of ketones is 1. The molecule has 1 atom stereocenters. The van der Waals surface area contributed by atoms with Gasteiger partial charge in [-0.15, -0.1) is 0 Å². The first kappa shape index (κ1) is 41.3. The number of fused-ring (bicyclic) bond motifs is 1. The Kier molecular flexibility index (Phi) is 14.3. The summed E-state index contributed by atoms with van der Waals surface area (Å²) in [5.41, 5.74) is 3.08. The molecule has 2 aromatic carbocycles. The van der Waals surface area contributed by atoms with Gasteiger partial charge in [-0.05, 0) is 83.8 Å². The van der Waals surface area contributed by atoms with Gasteiger partial charge in [0.1, 0.15) is 5.75 Å². The third-order valence-electron chi connectivity index (χ3n) is 11.0. The maximum atomic E-state index is 13.1. The molecule has 3 saturated heterocycles. The average molecular weight is 820 g/mol. The number of carbonyl (C=O) groups excluding carboxylic acids is 4. The number of alkyl halides is 2. The molecule has 12 nitrogen and oxygen atoms in total. The van der Waals surface area contributed by atoms with E-state index in [1.165, 1.54) is 12.7 Å². The molecule has 3 fully saturated rings. The van der Waals surface area contributed by atoms with Crippen LogP contribution in [0.25, 0.3) is 0 Å². The van der Waals surface area contributed by atoms with Crippen molar-refractivity contribution in [2.45, 2.75) is 70.4 Å². The smallest absolute Gasteiger partial charge is 0.409 e. The summed E-state index contributed by atoms with van der Waals surface area (Å²) in [6, 6.07) is 13.8. The van der Waals surface area contributed by atoms with E-state index >= 15 is 0 Å². The molecule has 2 aromatic rings. The molecule has 15 heteroatoms. The molecule has 0 aliphatic carbocycles. The Morgan fingerprint density at radius 3 is 2.19 bits per heavy atom. The minimum absolute atomic E-state index is 0.0403. The molecule has 0 spiro atoms. The number of anilines is 1. The summed E-state index contributed by atoms with van der Waals surface area (Å²) in [6.45, 7) is 8.55. The normalized spacial score (nSPS) is 19.9. The van der Waals surface area contributed by atoms with Gasteiger partial charge in [0.25, 0.3) is 0 Å².